The summed E-state index contributed by atoms with van der Waals surface area (Å²) in [6.45, 7) is 3.82. The van der Waals surface area contributed by atoms with Gasteiger partial charge in [0, 0.05) is 41.7 Å². The van der Waals surface area contributed by atoms with E-state index in [4.69, 9.17) is 0 Å². The van der Waals surface area contributed by atoms with Gasteiger partial charge in [0.15, 0.2) is 5.13 Å². The summed E-state index contributed by atoms with van der Waals surface area (Å²) in [4.78, 5) is 8.15. The molecule has 0 aromatic carbocycles. The molecule has 0 amide bonds. The second-order valence-electron chi connectivity index (χ2n) is 5.36. The van der Waals surface area contributed by atoms with Gasteiger partial charge >= 0.3 is 0 Å². The van der Waals surface area contributed by atoms with Crippen LogP contribution in [-0.4, -0.2) is 26.6 Å². The molecule has 114 valence electrons. The van der Waals surface area contributed by atoms with Crippen LogP contribution in [0.5, 0.6) is 0 Å². The Bertz CT molecular complexity index is 717. The molecule has 1 aliphatic rings. The van der Waals surface area contributed by atoms with Crippen LogP contribution in [0.1, 0.15) is 21.8 Å². The first-order valence-electron chi connectivity index (χ1n) is 7.31. The van der Waals surface area contributed by atoms with Crippen LogP contribution in [0.15, 0.2) is 29.1 Å². The lowest BCUT2D eigenvalue weighted by Gasteiger charge is -2.26. The van der Waals surface area contributed by atoms with Crippen LogP contribution < -0.4 is 5.32 Å². The zero-order valence-corrected chi connectivity index (χ0v) is 13.7. The number of aromatic amines is 1. The van der Waals surface area contributed by atoms with Crippen LogP contribution in [0.3, 0.4) is 0 Å². The number of hydrogen-bond donors (Lipinski definition) is 2. The third-order valence-corrected chi connectivity index (χ3v) is 5.49. The van der Waals surface area contributed by atoms with Crippen molar-refractivity contribution >= 4 is 27.8 Å². The van der Waals surface area contributed by atoms with E-state index in [1.54, 1.807) is 11.3 Å². The van der Waals surface area contributed by atoms with Crippen LogP contribution in [0.4, 0.5) is 5.13 Å². The Labute approximate surface area is 137 Å². The number of nitrogens with zero attached hydrogens (tertiary/aromatic N) is 3. The molecule has 0 unspecified atom stereocenters. The van der Waals surface area contributed by atoms with E-state index in [1.807, 2.05) is 22.9 Å². The summed E-state index contributed by atoms with van der Waals surface area (Å²) in [7, 11) is 0. The Morgan fingerprint density at radius 2 is 2.32 bits per heavy atom. The molecule has 0 atom stereocenters. The van der Waals surface area contributed by atoms with Gasteiger partial charge in [0.2, 0.25) is 0 Å². The van der Waals surface area contributed by atoms with Gasteiger partial charge in [-0.3, -0.25) is 10.00 Å². The van der Waals surface area contributed by atoms with Crippen molar-refractivity contribution in [3.63, 3.8) is 0 Å². The van der Waals surface area contributed by atoms with Crippen LogP contribution in [-0.2, 0) is 26.1 Å². The number of thiophene rings is 1. The standard InChI is InChI=1S/C15H17N5S2/c1-2-11(21-6-1)9-20-5-3-12-13(18-19-14(12)10-20)8-17-15-16-4-7-22-15/h1-2,4,6-7H,3,5,8-10H2,(H,16,17)(H,18,19). The average molecular weight is 331 g/mol. The monoisotopic (exact) mass is 331 g/mol. The minimum absolute atomic E-state index is 0.740. The second kappa shape index (κ2) is 6.20. The third kappa shape index (κ3) is 2.92. The lowest BCUT2D eigenvalue weighted by atomic mass is 10.0. The number of thiazole rings is 1. The number of H-pyrrole nitrogens is 1. The van der Waals surface area contributed by atoms with Crippen molar-refractivity contribution in [2.75, 3.05) is 11.9 Å². The Morgan fingerprint density at radius 1 is 1.32 bits per heavy atom. The van der Waals surface area contributed by atoms with E-state index in [0.29, 0.717) is 0 Å². The van der Waals surface area contributed by atoms with E-state index in [9.17, 15) is 0 Å². The van der Waals surface area contributed by atoms with Crippen molar-refractivity contribution < 1.29 is 0 Å². The quantitative estimate of drug-likeness (QED) is 0.754. The smallest absolute Gasteiger partial charge is 0.182 e. The highest BCUT2D eigenvalue weighted by Gasteiger charge is 2.21. The molecule has 0 aliphatic carbocycles. The molecule has 0 radical (unpaired) electrons. The topological polar surface area (TPSA) is 56.8 Å². The normalized spacial score (nSPS) is 14.9. The highest BCUT2D eigenvalue weighted by Crippen LogP contribution is 2.23. The van der Waals surface area contributed by atoms with Crippen LogP contribution in [0, 0.1) is 0 Å². The fourth-order valence-electron chi connectivity index (χ4n) is 2.82. The molecule has 3 aromatic rings. The molecule has 5 nitrogen and oxygen atoms in total. The largest absolute Gasteiger partial charge is 0.356 e. The molecule has 22 heavy (non-hydrogen) atoms. The average Bonchev–Trinajstić information content (AvgIpc) is 3.27. The first kappa shape index (κ1) is 13.9. The number of anilines is 1. The summed E-state index contributed by atoms with van der Waals surface area (Å²) in [5.74, 6) is 0. The first-order valence-corrected chi connectivity index (χ1v) is 9.07. The third-order valence-electron chi connectivity index (χ3n) is 3.90. The summed E-state index contributed by atoms with van der Waals surface area (Å²) in [5.41, 5.74) is 3.77. The Kier molecular flexibility index (Phi) is 3.92. The maximum Gasteiger partial charge on any atom is 0.182 e. The number of nitrogens with one attached hydrogen (secondary N) is 2. The number of rotatable bonds is 5. The van der Waals surface area contributed by atoms with Crippen LogP contribution in [0.25, 0.3) is 0 Å². The molecule has 4 heterocycles. The Hall–Kier alpha value is -1.70. The van der Waals surface area contributed by atoms with Crippen LogP contribution >= 0.6 is 22.7 Å². The zero-order valence-electron chi connectivity index (χ0n) is 12.1. The second-order valence-corrected chi connectivity index (χ2v) is 7.29. The summed E-state index contributed by atoms with van der Waals surface area (Å²) in [6, 6.07) is 4.32. The summed E-state index contributed by atoms with van der Waals surface area (Å²) >= 11 is 3.44. The van der Waals surface area contributed by atoms with Gasteiger partial charge in [0.1, 0.15) is 0 Å². The van der Waals surface area contributed by atoms with E-state index in [-0.39, 0.29) is 0 Å². The van der Waals surface area contributed by atoms with E-state index in [1.165, 1.54) is 16.1 Å². The number of aromatic nitrogens is 3. The first-order chi connectivity index (χ1) is 10.9. The molecule has 0 saturated heterocycles. The Morgan fingerprint density at radius 3 is 3.14 bits per heavy atom. The predicted octanol–water partition coefficient (Wildman–Crippen LogP) is 3.10. The lowest BCUT2D eigenvalue weighted by Crippen LogP contribution is -2.30. The van der Waals surface area contributed by atoms with Crippen molar-refractivity contribution in [1.82, 2.24) is 20.1 Å². The maximum atomic E-state index is 4.49. The molecule has 0 spiro atoms. The molecule has 3 aromatic heterocycles. The summed E-state index contributed by atoms with van der Waals surface area (Å²) in [6.07, 6.45) is 2.88. The van der Waals surface area contributed by atoms with E-state index < -0.39 is 0 Å². The zero-order chi connectivity index (χ0) is 14.8. The van der Waals surface area contributed by atoms with Crippen molar-refractivity contribution in [2.24, 2.45) is 0 Å². The van der Waals surface area contributed by atoms with E-state index >= 15 is 0 Å². The van der Waals surface area contributed by atoms with Gasteiger partial charge in [0.05, 0.1) is 17.9 Å². The number of fused-ring (bicyclic) bond motifs is 1. The molecule has 0 fully saturated rings. The van der Waals surface area contributed by atoms with Crippen molar-refractivity contribution in [2.45, 2.75) is 26.1 Å². The highest BCUT2D eigenvalue weighted by atomic mass is 32.1. The molecule has 7 heteroatoms. The van der Waals surface area contributed by atoms with Crippen LogP contribution in [0.2, 0.25) is 0 Å². The summed E-state index contributed by atoms with van der Waals surface area (Å²) in [5, 5.41) is 16.1. The van der Waals surface area contributed by atoms with Gasteiger partial charge in [-0.05, 0) is 17.9 Å². The van der Waals surface area contributed by atoms with Crippen molar-refractivity contribution in [3.8, 4) is 0 Å². The molecule has 0 bridgehead atoms. The maximum absolute atomic E-state index is 4.49. The van der Waals surface area contributed by atoms with E-state index in [0.717, 1.165) is 43.4 Å². The Balaban J connectivity index is 1.41. The molecular weight excluding hydrogens is 314 g/mol. The fourth-order valence-corrected chi connectivity index (χ4v) is 4.09. The van der Waals surface area contributed by atoms with Crippen molar-refractivity contribution in [3.05, 3.63) is 50.9 Å². The predicted molar refractivity (Wildman–Crippen MR) is 90.2 cm³/mol. The van der Waals surface area contributed by atoms with Gasteiger partial charge in [-0.15, -0.1) is 22.7 Å². The van der Waals surface area contributed by atoms with Gasteiger partial charge in [-0.25, -0.2) is 4.98 Å². The molecule has 2 N–H and O–H groups in total. The summed E-state index contributed by atoms with van der Waals surface area (Å²) < 4.78 is 0. The molecule has 1 aliphatic heterocycles. The molecule has 4 rings (SSSR count). The minimum atomic E-state index is 0.740. The lowest BCUT2D eigenvalue weighted by molar-refractivity contribution is 0.244. The van der Waals surface area contributed by atoms with Gasteiger partial charge < -0.3 is 5.32 Å². The van der Waals surface area contributed by atoms with Gasteiger partial charge in [0.25, 0.3) is 0 Å². The van der Waals surface area contributed by atoms with Gasteiger partial charge in [-0.2, -0.15) is 5.10 Å². The minimum Gasteiger partial charge on any atom is -0.356 e. The van der Waals surface area contributed by atoms with Crippen molar-refractivity contribution in [1.29, 1.82) is 0 Å². The number of hydrogen-bond acceptors (Lipinski definition) is 6. The fraction of sp³-hybridized carbons (Fsp3) is 0.333. The highest BCUT2D eigenvalue weighted by molar-refractivity contribution is 7.13. The molecule has 0 saturated carbocycles. The van der Waals surface area contributed by atoms with E-state index in [2.05, 4.69) is 42.9 Å². The van der Waals surface area contributed by atoms with Gasteiger partial charge in [-0.1, -0.05) is 6.07 Å². The SMILES string of the molecule is c1csc(CN2CCc3c(CNc4nccs4)n[nH]c3C2)c1. The molecular formula is C15H17N5S2.